The second-order valence-electron chi connectivity index (χ2n) is 4.52. The van der Waals surface area contributed by atoms with E-state index in [2.05, 4.69) is 10.2 Å². The molecule has 0 saturated carbocycles. The first-order valence-electron chi connectivity index (χ1n) is 5.60. The van der Waals surface area contributed by atoms with Crippen molar-refractivity contribution in [2.75, 3.05) is 37.0 Å². The Morgan fingerprint density at radius 1 is 1.44 bits per heavy atom. The van der Waals surface area contributed by atoms with E-state index in [1.54, 1.807) is 6.07 Å². The van der Waals surface area contributed by atoms with Gasteiger partial charge < -0.3 is 15.0 Å². The van der Waals surface area contributed by atoms with Crippen molar-refractivity contribution in [3.63, 3.8) is 0 Å². The molecule has 1 aromatic carbocycles. The minimum atomic E-state index is -0.190. The van der Waals surface area contributed by atoms with Crippen LogP contribution in [0.5, 0.6) is 0 Å². The molecule has 2 atom stereocenters. The van der Waals surface area contributed by atoms with Crippen LogP contribution in [0.3, 0.4) is 0 Å². The molecule has 86 valence electrons. The maximum atomic E-state index is 13.3. The average molecular weight is 222 g/mol. The van der Waals surface area contributed by atoms with E-state index in [1.165, 1.54) is 6.07 Å². The van der Waals surface area contributed by atoms with Gasteiger partial charge in [-0.25, -0.2) is 4.39 Å². The van der Waals surface area contributed by atoms with Gasteiger partial charge in [0.2, 0.25) is 0 Å². The zero-order valence-electron chi connectivity index (χ0n) is 9.24. The average Bonchev–Trinajstić information content (AvgIpc) is 2.70. The summed E-state index contributed by atoms with van der Waals surface area (Å²) < 4.78 is 18.7. The molecule has 1 saturated heterocycles. The fraction of sp³-hybridized carbons (Fsp3) is 0.500. The first-order chi connectivity index (χ1) is 7.75. The first kappa shape index (κ1) is 9.90. The number of hydrogen-bond acceptors (Lipinski definition) is 3. The smallest absolute Gasteiger partial charge is 0.125 e. The van der Waals surface area contributed by atoms with E-state index in [0.29, 0.717) is 12.0 Å². The molecule has 0 bridgehead atoms. The molecule has 2 aliphatic heterocycles. The lowest BCUT2D eigenvalue weighted by atomic mass is 10.0. The molecule has 0 spiro atoms. The third kappa shape index (κ3) is 1.45. The van der Waals surface area contributed by atoms with Crippen molar-refractivity contribution in [1.82, 2.24) is 0 Å². The van der Waals surface area contributed by atoms with Crippen molar-refractivity contribution in [2.24, 2.45) is 5.92 Å². The zero-order valence-corrected chi connectivity index (χ0v) is 9.24. The minimum Gasteiger partial charge on any atom is -0.383 e. The van der Waals surface area contributed by atoms with Crippen LogP contribution in [-0.4, -0.2) is 32.8 Å². The Labute approximate surface area is 94.2 Å². The first-order valence-corrected chi connectivity index (χ1v) is 5.60. The Morgan fingerprint density at radius 3 is 3.19 bits per heavy atom. The van der Waals surface area contributed by atoms with Crippen molar-refractivity contribution < 1.29 is 9.13 Å². The zero-order chi connectivity index (χ0) is 11.1. The van der Waals surface area contributed by atoms with Crippen LogP contribution in [-0.2, 0) is 4.74 Å². The molecular formula is C12H15FN2O. The van der Waals surface area contributed by atoms with E-state index in [4.69, 9.17) is 4.74 Å². The van der Waals surface area contributed by atoms with Crippen molar-refractivity contribution in [3.8, 4) is 0 Å². The number of ether oxygens (including phenoxy) is 1. The molecule has 1 aromatic rings. The molecule has 2 unspecified atom stereocenters. The molecule has 0 radical (unpaired) electrons. The van der Waals surface area contributed by atoms with Crippen LogP contribution >= 0.6 is 0 Å². The monoisotopic (exact) mass is 222 g/mol. The van der Waals surface area contributed by atoms with Crippen LogP contribution in [0.1, 0.15) is 0 Å². The van der Waals surface area contributed by atoms with E-state index in [-0.39, 0.29) is 5.82 Å². The summed E-state index contributed by atoms with van der Waals surface area (Å²) in [5.41, 5.74) is 1.94. The number of nitrogens with zero attached hydrogens (tertiary/aromatic N) is 1. The second kappa shape index (κ2) is 3.63. The van der Waals surface area contributed by atoms with E-state index < -0.39 is 0 Å². The van der Waals surface area contributed by atoms with Crippen LogP contribution in [0.4, 0.5) is 15.8 Å². The van der Waals surface area contributed by atoms with Gasteiger partial charge in [0.25, 0.3) is 0 Å². The normalized spacial score (nSPS) is 28.0. The molecule has 2 aliphatic rings. The molecule has 3 nitrogen and oxygen atoms in total. The number of hydrogen-bond donors (Lipinski definition) is 1. The van der Waals surface area contributed by atoms with Crippen LogP contribution in [0.2, 0.25) is 0 Å². The van der Waals surface area contributed by atoms with Gasteiger partial charge in [0.1, 0.15) is 5.82 Å². The van der Waals surface area contributed by atoms with E-state index >= 15 is 0 Å². The molecule has 1 N–H and O–H groups in total. The van der Waals surface area contributed by atoms with Crippen molar-refractivity contribution in [1.29, 1.82) is 0 Å². The third-order valence-corrected chi connectivity index (χ3v) is 3.56. The van der Waals surface area contributed by atoms with Crippen LogP contribution in [0.25, 0.3) is 0 Å². The van der Waals surface area contributed by atoms with Gasteiger partial charge in [0.05, 0.1) is 30.6 Å². The van der Waals surface area contributed by atoms with E-state index in [1.807, 2.05) is 13.1 Å². The van der Waals surface area contributed by atoms with Gasteiger partial charge in [0, 0.05) is 19.5 Å². The summed E-state index contributed by atoms with van der Waals surface area (Å²) in [6, 6.07) is 5.25. The number of fused-ring (bicyclic) bond motifs is 2. The molecule has 0 aromatic heterocycles. The van der Waals surface area contributed by atoms with Crippen LogP contribution in [0.15, 0.2) is 18.2 Å². The maximum Gasteiger partial charge on any atom is 0.125 e. The SMILES string of the molecule is CN1c2cc(F)ccc2NCC2COCC21. The summed E-state index contributed by atoms with van der Waals surface area (Å²) in [7, 11) is 2.01. The van der Waals surface area contributed by atoms with Gasteiger partial charge in [-0.15, -0.1) is 0 Å². The lowest BCUT2D eigenvalue weighted by Gasteiger charge is -2.27. The third-order valence-electron chi connectivity index (χ3n) is 3.56. The summed E-state index contributed by atoms with van der Waals surface area (Å²) in [6.45, 7) is 2.42. The molecule has 16 heavy (non-hydrogen) atoms. The predicted molar refractivity (Wildman–Crippen MR) is 61.4 cm³/mol. The highest BCUT2D eigenvalue weighted by atomic mass is 19.1. The minimum absolute atomic E-state index is 0.190. The molecule has 4 heteroatoms. The van der Waals surface area contributed by atoms with Gasteiger partial charge in [-0.3, -0.25) is 0 Å². The quantitative estimate of drug-likeness (QED) is 0.723. The predicted octanol–water partition coefficient (Wildman–Crippen LogP) is 1.70. The molecular weight excluding hydrogens is 207 g/mol. The Balaban J connectivity index is 2.02. The summed E-state index contributed by atoms with van der Waals surface area (Å²) in [6.07, 6.45) is 0. The Hall–Kier alpha value is -1.29. The summed E-state index contributed by atoms with van der Waals surface area (Å²) >= 11 is 0. The summed E-state index contributed by atoms with van der Waals surface area (Å²) in [4.78, 5) is 2.13. The highest BCUT2D eigenvalue weighted by Crippen LogP contribution is 2.34. The lowest BCUT2D eigenvalue weighted by molar-refractivity contribution is 0.185. The second-order valence-corrected chi connectivity index (χ2v) is 4.52. The van der Waals surface area contributed by atoms with Crippen LogP contribution < -0.4 is 10.2 Å². The Kier molecular flexibility index (Phi) is 2.24. The Bertz CT molecular complexity index is 410. The van der Waals surface area contributed by atoms with Gasteiger partial charge in [0.15, 0.2) is 0 Å². The Morgan fingerprint density at radius 2 is 2.31 bits per heavy atom. The van der Waals surface area contributed by atoms with Crippen molar-refractivity contribution in [2.45, 2.75) is 6.04 Å². The van der Waals surface area contributed by atoms with Crippen molar-refractivity contribution >= 4 is 11.4 Å². The van der Waals surface area contributed by atoms with Gasteiger partial charge >= 0.3 is 0 Å². The number of benzene rings is 1. The standard InChI is InChI=1S/C12H15FN2O/c1-15-11-4-9(13)2-3-10(11)14-5-8-6-16-7-12(8)15/h2-4,8,12,14H,5-7H2,1H3. The molecule has 2 heterocycles. The van der Waals surface area contributed by atoms with Gasteiger partial charge in [-0.2, -0.15) is 0 Å². The largest absolute Gasteiger partial charge is 0.383 e. The van der Waals surface area contributed by atoms with Gasteiger partial charge in [-0.1, -0.05) is 0 Å². The summed E-state index contributed by atoms with van der Waals surface area (Å²) in [5.74, 6) is 0.297. The van der Waals surface area contributed by atoms with Gasteiger partial charge in [-0.05, 0) is 18.2 Å². The highest BCUT2D eigenvalue weighted by molar-refractivity contribution is 5.71. The fourth-order valence-corrected chi connectivity index (χ4v) is 2.58. The lowest BCUT2D eigenvalue weighted by Crippen LogP contribution is -2.37. The number of rotatable bonds is 0. The molecule has 0 amide bonds. The number of halogens is 1. The fourth-order valence-electron chi connectivity index (χ4n) is 2.58. The molecule has 0 aliphatic carbocycles. The maximum absolute atomic E-state index is 13.3. The highest BCUT2D eigenvalue weighted by Gasteiger charge is 2.34. The molecule has 3 rings (SSSR count). The summed E-state index contributed by atoms with van der Waals surface area (Å²) in [5, 5.41) is 3.37. The number of nitrogens with one attached hydrogen (secondary N) is 1. The molecule has 1 fully saturated rings. The number of anilines is 2. The van der Waals surface area contributed by atoms with Crippen LogP contribution in [0, 0.1) is 11.7 Å². The number of likely N-dealkylation sites (N-methyl/N-ethyl adjacent to an activating group) is 1. The van der Waals surface area contributed by atoms with E-state index in [0.717, 1.165) is 31.1 Å². The van der Waals surface area contributed by atoms with E-state index in [9.17, 15) is 4.39 Å². The van der Waals surface area contributed by atoms with Crippen molar-refractivity contribution in [3.05, 3.63) is 24.0 Å². The topological polar surface area (TPSA) is 24.5 Å².